The van der Waals surface area contributed by atoms with Gasteiger partial charge in [0.1, 0.15) is 0 Å². The molecule has 0 aromatic carbocycles. The SMILES string of the molecule is CCC1=CC(O)CS1(=O)=O. The van der Waals surface area contributed by atoms with E-state index in [1.807, 2.05) is 0 Å². The molecule has 0 amide bonds. The Labute approximate surface area is 60.3 Å². The van der Waals surface area contributed by atoms with Gasteiger partial charge < -0.3 is 5.11 Å². The number of aliphatic hydroxyl groups excluding tert-OH is 1. The molecule has 1 N–H and O–H groups in total. The highest BCUT2D eigenvalue weighted by Gasteiger charge is 2.27. The summed E-state index contributed by atoms with van der Waals surface area (Å²) < 4.78 is 21.9. The van der Waals surface area contributed by atoms with E-state index in [1.165, 1.54) is 6.08 Å². The van der Waals surface area contributed by atoms with Gasteiger partial charge in [-0.15, -0.1) is 0 Å². The molecule has 0 fully saturated rings. The highest BCUT2D eigenvalue weighted by Crippen LogP contribution is 2.20. The Kier molecular flexibility index (Phi) is 1.83. The van der Waals surface area contributed by atoms with E-state index in [2.05, 4.69) is 0 Å². The topological polar surface area (TPSA) is 54.4 Å². The molecule has 1 atom stereocenters. The highest BCUT2D eigenvalue weighted by molar-refractivity contribution is 7.95. The Morgan fingerprint density at radius 1 is 1.80 bits per heavy atom. The largest absolute Gasteiger partial charge is 0.388 e. The maximum absolute atomic E-state index is 11.0. The lowest BCUT2D eigenvalue weighted by atomic mass is 10.3. The zero-order valence-corrected chi connectivity index (χ0v) is 6.56. The average molecular weight is 162 g/mol. The molecule has 1 aliphatic rings. The quantitative estimate of drug-likeness (QED) is 0.593. The van der Waals surface area contributed by atoms with Crippen LogP contribution in [0.3, 0.4) is 0 Å². The maximum atomic E-state index is 11.0. The summed E-state index contributed by atoms with van der Waals surface area (Å²) in [5.41, 5.74) is 0. The van der Waals surface area contributed by atoms with E-state index < -0.39 is 15.9 Å². The van der Waals surface area contributed by atoms with Gasteiger partial charge in [-0.05, 0) is 12.5 Å². The van der Waals surface area contributed by atoms with Crippen LogP contribution in [0.2, 0.25) is 0 Å². The second-order valence-corrected chi connectivity index (χ2v) is 4.42. The number of rotatable bonds is 1. The molecule has 1 unspecified atom stereocenters. The van der Waals surface area contributed by atoms with Gasteiger partial charge >= 0.3 is 0 Å². The summed E-state index contributed by atoms with van der Waals surface area (Å²) in [6.45, 7) is 1.77. The second kappa shape index (κ2) is 2.36. The molecule has 0 aromatic heterocycles. The van der Waals surface area contributed by atoms with E-state index in [9.17, 15) is 8.42 Å². The van der Waals surface area contributed by atoms with Crippen molar-refractivity contribution in [1.82, 2.24) is 0 Å². The summed E-state index contributed by atoms with van der Waals surface area (Å²) in [6, 6.07) is 0. The van der Waals surface area contributed by atoms with Crippen molar-refractivity contribution in [3.63, 3.8) is 0 Å². The van der Waals surface area contributed by atoms with Crippen LogP contribution >= 0.6 is 0 Å². The predicted molar refractivity (Wildman–Crippen MR) is 38.2 cm³/mol. The number of aliphatic hydroxyl groups is 1. The summed E-state index contributed by atoms with van der Waals surface area (Å²) >= 11 is 0. The molecule has 3 nitrogen and oxygen atoms in total. The molecule has 0 saturated heterocycles. The molecule has 1 heterocycles. The van der Waals surface area contributed by atoms with E-state index in [0.717, 1.165) is 0 Å². The minimum atomic E-state index is -3.08. The standard InChI is InChI=1S/C6H10O3S/c1-2-6-3-5(7)4-10(6,8)9/h3,5,7H,2,4H2,1H3. The number of sulfone groups is 1. The molecule has 58 valence electrons. The predicted octanol–water partition coefficient (Wildman–Crippen LogP) is 0.0696. The number of hydrogen-bond acceptors (Lipinski definition) is 3. The van der Waals surface area contributed by atoms with Gasteiger partial charge in [0.05, 0.1) is 11.9 Å². The van der Waals surface area contributed by atoms with E-state index in [4.69, 9.17) is 5.11 Å². The molecule has 1 rings (SSSR count). The fourth-order valence-corrected chi connectivity index (χ4v) is 2.60. The molecular formula is C6H10O3S. The van der Waals surface area contributed by atoms with E-state index in [0.29, 0.717) is 11.3 Å². The second-order valence-electron chi connectivity index (χ2n) is 2.34. The van der Waals surface area contributed by atoms with Crippen molar-refractivity contribution in [2.45, 2.75) is 19.4 Å². The fourth-order valence-electron chi connectivity index (χ4n) is 1.04. The van der Waals surface area contributed by atoms with E-state index >= 15 is 0 Å². The van der Waals surface area contributed by atoms with Crippen molar-refractivity contribution >= 4 is 9.84 Å². The first-order valence-electron chi connectivity index (χ1n) is 3.18. The number of allylic oxidation sites excluding steroid dienone is 1. The van der Waals surface area contributed by atoms with Crippen LogP contribution in [0, 0.1) is 0 Å². The van der Waals surface area contributed by atoms with Gasteiger partial charge in [0.2, 0.25) is 0 Å². The van der Waals surface area contributed by atoms with Crippen molar-refractivity contribution in [2.75, 3.05) is 5.75 Å². The van der Waals surface area contributed by atoms with Gasteiger partial charge in [0.15, 0.2) is 9.84 Å². The molecule has 0 radical (unpaired) electrons. The van der Waals surface area contributed by atoms with E-state index in [1.54, 1.807) is 6.92 Å². The van der Waals surface area contributed by atoms with Gasteiger partial charge in [-0.25, -0.2) is 8.42 Å². The van der Waals surface area contributed by atoms with Gasteiger partial charge in [0, 0.05) is 4.91 Å². The lowest BCUT2D eigenvalue weighted by molar-refractivity contribution is 0.249. The molecule has 0 bridgehead atoms. The van der Waals surface area contributed by atoms with Crippen LogP contribution in [0.1, 0.15) is 13.3 Å². The van der Waals surface area contributed by atoms with Crippen LogP contribution in [0.15, 0.2) is 11.0 Å². The Morgan fingerprint density at radius 2 is 2.40 bits per heavy atom. The van der Waals surface area contributed by atoms with Gasteiger partial charge in [0.25, 0.3) is 0 Å². The third-order valence-electron chi connectivity index (χ3n) is 1.52. The zero-order chi connectivity index (χ0) is 7.78. The lowest BCUT2D eigenvalue weighted by Gasteiger charge is -1.95. The molecule has 0 aromatic rings. The van der Waals surface area contributed by atoms with Crippen LogP contribution in [0.25, 0.3) is 0 Å². The first-order valence-corrected chi connectivity index (χ1v) is 4.83. The van der Waals surface area contributed by atoms with Crippen molar-refractivity contribution in [3.8, 4) is 0 Å². The van der Waals surface area contributed by atoms with Crippen LogP contribution in [0.4, 0.5) is 0 Å². The summed E-state index contributed by atoms with van der Waals surface area (Å²) in [4.78, 5) is 0.375. The van der Waals surface area contributed by atoms with Crippen molar-refractivity contribution in [2.24, 2.45) is 0 Å². The molecule has 4 heteroatoms. The van der Waals surface area contributed by atoms with Crippen LogP contribution in [-0.4, -0.2) is 25.4 Å². The molecule has 0 spiro atoms. The Bertz CT molecular complexity index is 250. The van der Waals surface area contributed by atoms with Crippen molar-refractivity contribution in [3.05, 3.63) is 11.0 Å². The Hall–Kier alpha value is -0.350. The Balaban J connectivity index is 2.98. The minimum absolute atomic E-state index is 0.129. The molecule has 10 heavy (non-hydrogen) atoms. The van der Waals surface area contributed by atoms with Crippen LogP contribution in [0.5, 0.6) is 0 Å². The van der Waals surface area contributed by atoms with Crippen LogP contribution < -0.4 is 0 Å². The first-order chi connectivity index (χ1) is 4.56. The number of hydrogen-bond donors (Lipinski definition) is 1. The molecule has 1 aliphatic heterocycles. The molecular weight excluding hydrogens is 152 g/mol. The summed E-state index contributed by atoms with van der Waals surface area (Å²) in [6.07, 6.45) is 1.12. The molecule has 0 aliphatic carbocycles. The third-order valence-corrected chi connectivity index (χ3v) is 3.52. The fraction of sp³-hybridized carbons (Fsp3) is 0.667. The Morgan fingerprint density at radius 3 is 2.60 bits per heavy atom. The van der Waals surface area contributed by atoms with Crippen molar-refractivity contribution < 1.29 is 13.5 Å². The third kappa shape index (κ3) is 1.22. The minimum Gasteiger partial charge on any atom is -0.388 e. The maximum Gasteiger partial charge on any atom is 0.177 e. The normalized spacial score (nSPS) is 30.2. The van der Waals surface area contributed by atoms with Gasteiger partial charge in [-0.3, -0.25) is 0 Å². The van der Waals surface area contributed by atoms with Gasteiger partial charge in [-0.2, -0.15) is 0 Å². The van der Waals surface area contributed by atoms with Crippen LogP contribution in [-0.2, 0) is 9.84 Å². The van der Waals surface area contributed by atoms with Gasteiger partial charge in [-0.1, -0.05) is 6.92 Å². The summed E-state index contributed by atoms with van der Waals surface area (Å²) in [5.74, 6) is -0.129. The summed E-state index contributed by atoms with van der Waals surface area (Å²) in [7, 11) is -3.08. The smallest absolute Gasteiger partial charge is 0.177 e. The average Bonchev–Trinajstić information content (AvgIpc) is 2.04. The lowest BCUT2D eigenvalue weighted by Crippen LogP contribution is -2.10. The first kappa shape index (κ1) is 7.75. The highest BCUT2D eigenvalue weighted by atomic mass is 32.2. The summed E-state index contributed by atoms with van der Waals surface area (Å²) in [5, 5.41) is 8.91. The zero-order valence-electron chi connectivity index (χ0n) is 5.74. The van der Waals surface area contributed by atoms with Crippen molar-refractivity contribution in [1.29, 1.82) is 0 Å². The van der Waals surface area contributed by atoms with E-state index in [-0.39, 0.29) is 5.75 Å². The monoisotopic (exact) mass is 162 g/mol. The molecule has 0 saturated carbocycles.